The molecular formula is C18H17N3O. The summed E-state index contributed by atoms with van der Waals surface area (Å²) in [6.45, 7) is 2.00. The first-order valence-corrected chi connectivity index (χ1v) is 7.20. The maximum absolute atomic E-state index is 12.6. The molecule has 1 aromatic heterocycles. The number of hydrogen-bond donors (Lipinski definition) is 0. The van der Waals surface area contributed by atoms with Gasteiger partial charge in [0, 0.05) is 7.05 Å². The molecule has 1 amide bonds. The van der Waals surface area contributed by atoms with Gasteiger partial charge in [-0.2, -0.15) is 0 Å². The number of aromatic nitrogens is 2. The van der Waals surface area contributed by atoms with Crippen molar-refractivity contribution < 1.29 is 4.79 Å². The second-order valence-corrected chi connectivity index (χ2v) is 5.25. The Hall–Kier alpha value is -2.75. The number of carbonyl (C=O) groups excluding carboxylic acids is 1. The zero-order chi connectivity index (χ0) is 15.5. The molecule has 4 nitrogen and oxygen atoms in total. The van der Waals surface area contributed by atoms with E-state index >= 15 is 0 Å². The maximum atomic E-state index is 12.6. The van der Waals surface area contributed by atoms with E-state index in [-0.39, 0.29) is 11.9 Å². The van der Waals surface area contributed by atoms with E-state index in [1.165, 1.54) is 0 Å². The fourth-order valence-electron chi connectivity index (χ4n) is 2.37. The fourth-order valence-corrected chi connectivity index (χ4v) is 2.37. The average molecular weight is 291 g/mol. The van der Waals surface area contributed by atoms with Crippen LogP contribution in [-0.4, -0.2) is 27.8 Å². The highest BCUT2D eigenvalue weighted by atomic mass is 16.2. The van der Waals surface area contributed by atoms with E-state index in [9.17, 15) is 4.79 Å². The zero-order valence-electron chi connectivity index (χ0n) is 12.6. The predicted molar refractivity (Wildman–Crippen MR) is 86.5 cm³/mol. The van der Waals surface area contributed by atoms with Crippen LogP contribution in [0.5, 0.6) is 0 Å². The molecule has 1 heterocycles. The van der Waals surface area contributed by atoms with Gasteiger partial charge in [0.15, 0.2) is 0 Å². The lowest BCUT2D eigenvalue weighted by Gasteiger charge is -2.25. The van der Waals surface area contributed by atoms with Gasteiger partial charge in [0.1, 0.15) is 5.69 Å². The first-order chi connectivity index (χ1) is 10.7. The van der Waals surface area contributed by atoms with Crippen molar-refractivity contribution in [3.05, 3.63) is 72.1 Å². The number of hydrogen-bond acceptors (Lipinski definition) is 3. The average Bonchev–Trinajstić information content (AvgIpc) is 2.60. The van der Waals surface area contributed by atoms with Gasteiger partial charge in [0.25, 0.3) is 5.91 Å². The molecular weight excluding hydrogens is 274 g/mol. The minimum atomic E-state index is -0.130. The van der Waals surface area contributed by atoms with E-state index in [1.54, 1.807) is 18.1 Å². The molecule has 0 N–H and O–H groups in total. The van der Waals surface area contributed by atoms with E-state index in [0.29, 0.717) is 5.69 Å². The predicted octanol–water partition coefficient (Wildman–Crippen LogP) is 3.46. The summed E-state index contributed by atoms with van der Waals surface area (Å²) in [5.41, 5.74) is 2.98. The van der Waals surface area contributed by atoms with Crippen LogP contribution >= 0.6 is 0 Å². The smallest absolute Gasteiger partial charge is 0.274 e. The Balaban J connectivity index is 1.88. The van der Waals surface area contributed by atoms with Crippen LogP contribution in [0.25, 0.3) is 11.0 Å². The van der Waals surface area contributed by atoms with E-state index in [0.717, 1.165) is 16.6 Å². The van der Waals surface area contributed by atoms with Crippen molar-refractivity contribution in [1.29, 1.82) is 0 Å². The van der Waals surface area contributed by atoms with Crippen molar-refractivity contribution in [2.75, 3.05) is 7.05 Å². The van der Waals surface area contributed by atoms with E-state index in [1.807, 2.05) is 61.5 Å². The highest BCUT2D eigenvalue weighted by Crippen LogP contribution is 2.20. The molecule has 2 aromatic carbocycles. The SMILES string of the molecule is CC(c1ccccc1)N(C)C(=O)c1cnc2ccccc2n1. The summed E-state index contributed by atoms with van der Waals surface area (Å²) in [5.74, 6) is -0.130. The van der Waals surface area contributed by atoms with Crippen LogP contribution < -0.4 is 0 Å². The van der Waals surface area contributed by atoms with E-state index in [2.05, 4.69) is 9.97 Å². The molecule has 1 unspecified atom stereocenters. The van der Waals surface area contributed by atoms with Gasteiger partial charge in [-0.15, -0.1) is 0 Å². The lowest BCUT2D eigenvalue weighted by molar-refractivity contribution is 0.0736. The van der Waals surface area contributed by atoms with Crippen molar-refractivity contribution >= 4 is 16.9 Å². The van der Waals surface area contributed by atoms with Crippen molar-refractivity contribution in [2.45, 2.75) is 13.0 Å². The van der Waals surface area contributed by atoms with E-state index < -0.39 is 0 Å². The topological polar surface area (TPSA) is 46.1 Å². The van der Waals surface area contributed by atoms with Crippen LogP contribution in [0.3, 0.4) is 0 Å². The third kappa shape index (κ3) is 2.68. The number of fused-ring (bicyclic) bond motifs is 1. The summed E-state index contributed by atoms with van der Waals surface area (Å²) in [6.07, 6.45) is 1.54. The maximum Gasteiger partial charge on any atom is 0.274 e. The molecule has 0 aliphatic carbocycles. The summed E-state index contributed by atoms with van der Waals surface area (Å²) >= 11 is 0. The second-order valence-electron chi connectivity index (χ2n) is 5.25. The van der Waals surface area contributed by atoms with Crippen LogP contribution in [0.2, 0.25) is 0 Å². The molecule has 110 valence electrons. The van der Waals surface area contributed by atoms with Gasteiger partial charge in [-0.1, -0.05) is 42.5 Å². The first kappa shape index (κ1) is 14.2. The largest absolute Gasteiger partial charge is 0.334 e. The van der Waals surface area contributed by atoms with Gasteiger partial charge in [0.05, 0.1) is 23.3 Å². The Morgan fingerprint density at radius 1 is 1.00 bits per heavy atom. The third-order valence-corrected chi connectivity index (χ3v) is 3.85. The minimum Gasteiger partial charge on any atom is -0.334 e. The molecule has 0 bridgehead atoms. The van der Waals surface area contributed by atoms with Crippen LogP contribution in [0.1, 0.15) is 29.0 Å². The lowest BCUT2D eigenvalue weighted by atomic mass is 10.1. The molecule has 0 radical (unpaired) electrons. The summed E-state index contributed by atoms with van der Waals surface area (Å²) in [7, 11) is 1.79. The highest BCUT2D eigenvalue weighted by Gasteiger charge is 2.20. The normalized spacial score (nSPS) is 12.1. The van der Waals surface area contributed by atoms with Crippen LogP contribution in [-0.2, 0) is 0 Å². The summed E-state index contributed by atoms with van der Waals surface area (Å²) < 4.78 is 0. The molecule has 1 atom stereocenters. The molecule has 0 aliphatic heterocycles. The molecule has 3 aromatic rings. The van der Waals surface area contributed by atoms with Gasteiger partial charge >= 0.3 is 0 Å². The number of para-hydroxylation sites is 2. The van der Waals surface area contributed by atoms with Gasteiger partial charge in [0.2, 0.25) is 0 Å². The van der Waals surface area contributed by atoms with Gasteiger partial charge < -0.3 is 4.90 Å². The Bertz CT molecular complexity index is 802. The Kier molecular flexibility index (Phi) is 3.83. The highest BCUT2D eigenvalue weighted by molar-refractivity contribution is 5.93. The van der Waals surface area contributed by atoms with Gasteiger partial charge in [-0.25, -0.2) is 4.98 Å². The molecule has 4 heteroatoms. The van der Waals surface area contributed by atoms with Gasteiger partial charge in [-0.3, -0.25) is 9.78 Å². The number of amides is 1. The van der Waals surface area contributed by atoms with Crippen molar-refractivity contribution in [1.82, 2.24) is 14.9 Å². The Labute approximate surface area is 129 Å². The molecule has 0 saturated carbocycles. The second kappa shape index (κ2) is 5.93. The zero-order valence-corrected chi connectivity index (χ0v) is 12.6. The van der Waals surface area contributed by atoms with E-state index in [4.69, 9.17) is 0 Å². The van der Waals surface area contributed by atoms with Crippen LogP contribution in [0.4, 0.5) is 0 Å². The standard InChI is InChI=1S/C18H17N3O/c1-13(14-8-4-3-5-9-14)21(2)18(22)17-12-19-15-10-6-7-11-16(15)20-17/h3-13H,1-2H3. The molecule has 0 aliphatic rings. The van der Waals surface area contributed by atoms with Crippen molar-refractivity contribution in [3.8, 4) is 0 Å². The molecule has 0 spiro atoms. The quantitative estimate of drug-likeness (QED) is 0.742. The van der Waals surface area contributed by atoms with Gasteiger partial charge in [-0.05, 0) is 24.6 Å². The van der Waals surface area contributed by atoms with Crippen molar-refractivity contribution in [2.24, 2.45) is 0 Å². The number of benzene rings is 2. The minimum absolute atomic E-state index is 0.0260. The molecule has 0 fully saturated rings. The monoisotopic (exact) mass is 291 g/mol. The number of carbonyl (C=O) groups is 1. The number of rotatable bonds is 3. The van der Waals surface area contributed by atoms with Crippen LogP contribution in [0.15, 0.2) is 60.8 Å². The lowest BCUT2D eigenvalue weighted by Crippen LogP contribution is -2.30. The molecule has 22 heavy (non-hydrogen) atoms. The molecule has 0 saturated heterocycles. The fraction of sp³-hybridized carbons (Fsp3) is 0.167. The third-order valence-electron chi connectivity index (χ3n) is 3.85. The van der Waals surface area contributed by atoms with Crippen LogP contribution in [0, 0.1) is 0 Å². The Morgan fingerprint density at radius 3 is 2.36 bits per heavy atom. The summed E-state index contributed by atoms with van der Waals surface area (Å²) in [4.78, 5) is 23.0. The number of nitrogens with zero attached hydrogens (tertiary/aromatic N) is 3. The van der Waals surface area contributed by atoms with Crippen molar-refractivity contribution in [3.63, 3.8) is 0 Å². The molecule has 3 rings (SSSR count). The summed E-state index contributed by atoms with van der Waals surface area (Å²) in [5, 5.41) is 0. The Morgan fingerprint density at radius 2 is 1.64 bits per heavy atom. The summed E-state index contributed by atoms with van der Waals surface area (Å²) in [6, 6.07) is 17.5. The first-order valence-electron chi connectivity index (χ1n) is 7.20.